The van der Waals surface area contributed by atoms with Crippen LogP contribution in [0.5, 0.6) is 11.5 Å². The van der Waals surface area contributed by atoms with Gasteiger partial charge in [-0.1, -0.05) is 34.1 Å². The monoisotopic (exact) mass is 384 g/mol. The van der Waals surface area contributed by atoms with E-state index in [9.17, 15) is 10.1 Å². The van der Waals surface area contributed by atoms with Crippen molar-refractivity contribution in [2.24, 2.45) is 0 Å². The molecule has 2 aromatic carbocycles. The van der Waals surface area contributed by atoms with Gasteiger partial charge in [-0.25, -0.2) is 0 Å². The summed E-state index contributed by atoms with van der Waals surface area (Å²) in [5, 5.41) is 11.9. The Morgan fingerprint density at radius 1 is 1.21 bits per heavy atom. The second-order valence-corrected chi connectivity index (χ2v) is 6.01. The number of rotatable bonds is 4. The van der Waals surface area contributed by atoms with E-state index >= 15 is 0 Å². The van der Waals surface area contributed by atoms with Gasteiger partial charge in [0.2, 0.25) is 6.79 Å². The molecule has 0 saturated heterocycles. The molecule has 0 fully saturated rings. The van der Waals surface area contributed by atoms with Gasteiger partial charge in [-0.05, 0) is 41.5 Å². The van der Waals surface area contributed by atoms with Crippen molar-refractivity contribution in [2.45, 2.75) is 6.54 Å². The lowest BCUT2D eigenvalue weighted by Gasteiger charge is -2.06. The molecule has 2 aromatic rings. The first-order valence-electron chi connectivity index (χ1n) is 7.20. The summed E-state index contributed by atoms with van der Waals surface area (Å²) in [6.45, 7) is 0.508. The van der Waals surface area contributed by atoms with Gasteiger partial charge in [0.15, 0.2) is 11.5 Å². The molecule has 1 amide bonds. The molecule has 0 radical (unpaired) electrons. The highest BCUT2D eigenvalue weighted by molar-refractivity contribution is 9.10. The van der Waals surface area contributed by atoms with Crippen LogP contribution in [-0.2, 0) is 11.3 Å². The van der Waals surface area contributed by atoms with Crippen molar-refractivity contribution in [1.29, 1.82) is 5.26 Å². The van der Waals surface area contributed by atoms with Crippen molar-refractivity contribution in [3.05, 3.63) is 63.6 Å². The van der Waals surface area contributed by atoms with E-state index in [0.717, 1.165) is 15.6 Å². The zero-order valence-corrected chi connectivity index (χ0v) is 14.2. The number of hydrogen-bond acceptors (Lipinski definition) is 4. The average Bonchev–Trinajstić information content (AvgIpc) is 3.07. The number of fused-ring (bicyclic) bond motifs is 1. The number of nitrogens with one attached hydrogen (secondary N) is 1. The summed E-state index contributed by atoms with van der Waals surface area (Å²) in [5.41, 5.74) is 1.71. The maximum absolute atomic E-state index is 12.2. The Morgan fingerprint density at radius 3 is 2.71 bits per heavy atom. The van der Waals surface area contributed by atoms with E-state index in [1.807, 2.05) is 42.5 Å². The van der Waals surface area contributed by atoms with E-state index in [1.54, 1.807) is 12.1 Å². The Bertz CT molecular complexity index is 838. The molecule has 1 aliphatic rings. The van der Waals surface area contributed by atoms with E-state index in [2.05, 4.69) is 21.2 Å². The maximum Gasteiger partial charge on any atom is 0.262 e. The molecule has 0 bridgehead atoms. The van der Waals surface area contributed by atoms with Crippen molar-refractivity contribution in [2.75, 3.05) is 6.79 Å². The molecular formula is C18H13BrN2O3. The zero-order chi connectivity index (χ0) is 16.9. The van der Waals surface area contributed by atoms with Gasteiger partial charge in [0.1, 0.15) is 11.6 Å². The summed E-state index contributed by atoms with van der Waals surface area (Å²) in [6, 6.07) is 14.7. The van der Waals surface area contributed by atoms with Gasteiger partial charge in [0, 0.05) is 11.0 Å². The number of carbonyl (C=O) groups is 1. The van der Waals surface area contributed by atoms with Gasteiger partial charge in [0.25, 0.3) is 5.91 Å². The van der Waals surface area contributed by atoms with Crippen molar-refractivity contribution in [3.8, 4) is 17.6 Å². The van der Waals surface area contributed by atoms with Crippen molar-refractivity contribution >= 4 is 27.9 Å². The highest BCUT2D eigenvalue weighted by atomic mass is 79.9. The molecule has 1 aliphatic heterocycles. The number of benzene rings is 2. The fourth-order valence-corrected chi connectivity index (χ4v) is 2.47. The van der Waals surface area contributed by atoms with Crippen LogP contribution in [0, 0.1) is 11.3 Å². The van der Waals surface area contributed by atoms with E-state index < -0.39 is 5.91 Å². The maximum atomic E-state index is 12.2. The fourth-order valence-electron chi connectivity index (χ4n) is 2.20. The highest BCUT2D eigenvalue weighted by Crippen LogP contribution is 2.32. The minimum atomic E-state index is -0.418. The van der Waals surface area contributed by atoms with Crippen LogP contribution in [0.1, 0.15) is 11.1 Å². The third-order valence-electron chi connectivity index (χ3n) is 3.44. The lowest BCUT2D eigenvalue weighted by molar-refractivity contribution is -0.117. The standard InChI is InChI=1S/C18H13BrN2O3/c19-15-4-1-12(2-5-15)7-14(9-20)18(22)21-10-13-3-6-16-17(8-13)24-11-23-16/h1-8H,10-11H2,(H,21,22)/b14-7+. The largest absolute Gasteiger partial charge is 0.454 e. The van der Waals surface area contributed by atoms with Gasteiger partial charge in [-0.2, -0.15) is 5.26 Å². The minimum Gasteiger partial charge on any atom is -0.454 e. The Kier molecular flexibility index (Phi) is 4.82. The summed E-state index contributed by atoms with van der Waals surface area (Å²) in [7, 11) is 0. The van der Waals surface area contributed by atoms with Crippen molar-refractivity contribution in [1.82, 2.24) is 5.32 Å². The number of halogens is 1. The van der Waals surface area contributed by atoms with Crippen LogP contribution in [0.2, 0.25) is 0 Å². The molecule has 0 spiro atoms. The first-order valence-corrected chi connectivity index (χ1v) is 7.99. The van der Waals surface area contributed by atoms with Crippen LogP contribution in [0.15, 0.2) is 52.5 Å². The molecule has 120 valence electrons. The zero-order valence-electron chi connectivity index (χ0n) is 12.6. The number of nitriles is 1. The van der Waals surface area contributed by atoms with Gasteiger partial charge in [-0.3, -0.25) is 4.79 Å². The first kappa shape index (κ1) is 16.1. The summed E-state index contributed by atoms with van der Waals surface area (Å²) in [5.74, 6) is 0.934. The van der Waals surface area contributed by atoms with Gasteiger partial charge >= 0.3 is 0 Å². The van der Waals surface area contributed by atoms with Gasteiger partial charge < -0.3 is 14.8 Å². The lowest BCUT2D eigenvalue weighted by atomic mass is 10.1. The third-order valence-corrected chi connectivity index (χ3v) is 3.96. The normalized spacial score (nSPS) is 12.6. The molecule has 5 nitrogen and oxygen atoms in total. The number of carbonyl (C=O) groups excluding carboxylic acids is 1. The van der Waals surface area contributed by atoms with Crippen LogP contribution in [0.25, 0.3) is 6.08 Å². The van der Waals surface area contributed by atoms with Crippen molar-refractivity contribution in [3.63, 3.8) is 0 Å². The fraction of sp³-hybridized carbons (Fsp3) is 0.111. The Labute approximate surface area is 147 Å². The third kappa shape index (κ3) is 3.76. The predicted octanol–water partition coefficient (Wildman–Crippen LogP) is 3.40. The summed E-state index contributed by atoms with van der Waals surface area (Å²) >= 11 is 3.35. The van der Waals surface area contributed by atoms with Gasteiger partial charge in [0.05, 0.1) is 0 Å². The Hall–Kier alpha value is -2.78. The molecule has 0 unspecified atom stereocenters. The van der Waals surface area contributed by atoms with Crippen LogP contribution in [-0.4, -0.2) is 12.7 Å². The molecule has 0 aromatic heterocycles. The topological polar surface area (TPSA) is 71.4 Å². The Morgan fingerprint density at radius 2 is 1.96 bits per heavy atom. The molecule has 6 heteroatoms. The lowest BCUT2D eigenvalue weighted by Crippen LogP contribution is -2.23. The summed E-state index contributed by atoms with van der Waals surface area (Å²) in [4.78, 5) is 12.2. The van der Waals surface area contributed by atoms with E-state index in [1.165, 1.54) is 0 Å². The number of amides is 1. The average molecular weight is 385 g/mol. The molecule has 24 heavy (non-hydrogen) atoms. The quantitative estimate of drug-likeness (QED) is 0.647. The Balaban J connectivity index is 1.67. The smallest absolute Gasteiger partial charge is 0.262 e. The van der Waals surface area contributed by atoms with Gasteiger partial charge in [-0.15, -0.1) is 0 Å². The first-order chi connectivity index (χ1) is 11.7. The number of nitrogens with zero attached hydrogens (tertiary/aromatic N) is 1. The highest BCUT2D eigenvalue weighted by Gasteiger charge is 2.14. The summed E-state index contributed by atoms with van der Waals surface area (Å²) < 4.78 is 11.5. The molecular weight excluding hydrogens is 372 g/mol. The minimum absolute atomic E-state index is 0.0538. The number of ether oxygens (including phenoxy) is 2. The second-order valence-electron chi connectivity index (χ2n) is 5.09. The molecule has 3 rings (SSSR count). The molecule has 0 atom stereocenters. The molecule has 0 saturated carbocycles. The van der Waals surface area contributed by atoms with E-state index in [-0.39, 0.29) is 12.4 Å². The van der Waals surface area contributed by atoms with Crippen LogP contribution >= 0.6 is 15.9 Å². The second kappa shape index (κ2) is 7.20. The van der Waals surface area contributed by atoms with Crippen LogP contribution < -0.4 is 14.8 Å². The molecule has 1 N–H and O–H groups in total. The molecule has 1 heterocycles. The summed E-state index contributed by atoms with van der Waals surface area (Å²) in [6.07, 6.45) is 1.56. The van der Waals surface area contributed by atoms with Crippen LogP contribution in [0.4, 0.5) is 0 Å². The van der Waals surface area contributed by atoms with Crippen molar-refractivity contribution < 1.29 is 14.3 Å². The van der Waals surface area contributed by atoms with Crippen LogP contribution in [0.3, 0.4) is 0 Å². The molecule has 0 aliphatic carbocycles. The number of hydrogen-bond donors (Lipinski definition) is 1. The van der Waals surface area contributed by atoms with E-state index in [4.69, 9.17) is 9.47 Å². The SMILES string of the molecule is N#C/C(=C\c1ccc(Br)cc1)C(=O)NCc1ccc2c(c1)OCO2. The predicted molar refractivity (Wildman–Crippen MR) is 92.1 cm³/mol. The van der Waals surface area contributed by atoms with E-state index in [0.29, 0.717) is 18.0 Å².